The summed E-state index contributed by atoms with van der Waals surface area (Å²) in [4.78, 5) is 22.9. The molecule has 2 aliphatic rings. The summed E-state index contributed by atoms with van der Waals surface area (Å²) in [7, 11) is 0. The average Bonchev–Trinajstić information content (AvgIpc) is 3.22. The predicted molar refractivity (Wildman–Crippen MR) is 97.9 cm³/mol. The molecule has 2 fully saturated rings. The van der Waals surface area contributed by atoms with E-state index in [1.165, 1.54) is 29.7 Å². The van der Waals surface area contributed by atoms with Crippen LogP contribution in [-0.4, -0.2) is 38.7 Å². The Balaban J connectivity index is 0.00000196. The third kappa shape index (κ3) is 3.71. The van der Waals surface area contributed by atoms with Crippen molar-refractivity contribution in [1.82, 2.24) is 20.4 Å². The van der Waals surface area contributed by atoms with Crippen LogP contribution in [0.15, 0.2) is 36.5 Å². The maximum absolute atomic E-state index is 12.5. The summed E-state index contributed by atoms with van der Waals surface area (Å²) in [5.41, 5.74) is 0.856. The lowest BCUT2D eigenvalue weighted by Crippen LogP contribution is -2.48. The fraction of sp³-hybridized carbons (Fsp3) is 0.412. The minimum atomic E-state index is -0.452. The van der Waals surface area contributed by atoms with Gasteiger partial charge in [-0.3, -0.25) is 14.9 Å². The number of nitro groups is 1. The van der Waals surface area contributed by atoms with E-state index in [4.69, 9.17) is 0 Å². The zero-order chi connectivity index (χ0) is 17.4. The SMILES string of the molecule is Cl.O=C(NC1CC2CCC(C1)N2)c1ccn(-c2cccc([N+](=O)[O-])c2)n1. The maximum Gasteiger partial charge on any atom is 0.272 e. The van der Waals surface area contributed by atoms with Crippen molar-refractivity contribution in [2.45, 2.75) is 43.8 Å². The second kappa shape index (κ2) is 7.43. The van der Waals surface area contributed by atoms with Gasteiger partial charge in [0.1, 0.15) is 0 Å². The molecule has 2 aromatic rings. The van der Waals surface area contributed by atoms with Crippen molar-refractivity contribution in [2.24, 2.45) is 0 Å². The van der Waals surface area contributed by atoms with Gasteiger partial charge in [0, 0.05) is 36.5 Å². The second-order valence-electron chi connectivity index (χ2n) is 6.70. The molecule has 0 saturated carbocycles. The van der Waals surface area contributed by atoms with Gasteiger partial charge in [0.2, 0.25) is 0 Å². The van der Waals surface area contributed by atoms with Gasteiger partial charge in [-0.05, 0) is 37.8 Å². The van der Waals surface area contributed by atoms with E-state index in [0.29, 0.717) is 23.5 Å². The molecule has 26 heavy (non-hydrogen) atoms. The lowest BCUT2D eigenvalue weighted by Gasteiger charge is -2.29. The minimum Gasteiger partial charge on any atom is -0.348 e. The highest BCUT2D eigenvalue weighted by molar-refractivity contribution is 5.92. The summed E-state index contributed by atoms with van der Waals surface area (Å²) in [6.45, 7) is 0. The van der Waals surface area contributed by atoms with Gasteiger partial charge in [-0.1, -0.05) is 6.07 Å². The zero-order valence-corrected chi connectivity index (χ0v) is 14.8. The molecule has 9 heteroatoms. The molecule has 138 valence electrons. The molecule has 8 nitrogen and oxygen atoms in total. The first-order valence-corrected chi connectivity index (χ1v) is 8.46. The highest BCUT2D eigenvalue weighted by Crippen LogP contribution is 2.27. The van der Waals surface area contributed by atoms with Gasteiger partial charge < -0.3 is 10.6 Å². The zero-order valence-electron chi connectivity index (χ0n) is 14.0. The van der Waals surface area contributed by atoms with Crippen LogP contribution in [0.4, 0.5) is 5.69 Å². The molecule has 1 aromatic heterocycles. The van der Waals surface area contributed by atoms with Crippen molar-refractivity contribution in [2.75, 3.05) is 0 Å². The summed E-state index contributed by atoms with van der Waals surface area (Å²) in [5, 5.41) is 21.8. The number of aromatic nitrogens is 2. The van der Waals surface area contributed by atoms with Gasteiger partial charge in [-0.25, -0.2) is 4.68 Å². The number of hydrogen-bond donors (Lipinski definition) is 2. The fourth-order valence-corrected chi connectivity index (χ4v) is 3.77. The normalized spacial score (nSPS) is 23.9. The fourth-order valence-electron chi connectivity index (χ4n) is 3.77. The molecule has 2 aliphatic heterocycles. The number of halogens is 1. The largest absolute Gasteiger partial charge is 0.348 e. The highest BCUT2D eigenvalue weighted by Gasteiger charge is 2.34. The number of nitro benzene ring substituents is 1. The van der Waals surface area contributed by atoms with Crippen molar-refractivity contribution in [3.8, 4) is 5.69 Å². The van der Waals surface area contributed by atoms with Crippen molar-refractivity contribution < 1.29 is 9.72 Å². The summed E-state index contributed by atoms with van der Waals surface area (Å²) >= 11 is 0. The van der Waals surface area contributed by atoms with Crippen LogP contribution in [0.2, 0.25) is 0 Å². The Morgan fingerprint density at radius 3 is 2.69 bits per heavy atom. The number of nitrogens with one attached hydrogen (secondary N) is 2. The summed E-state index contributed by atoms with van der Waals surface area (Å²) in [5.74, 6) is -0.199. The van der Waals surface area contributed by atoms with Gasteiger partial charge in [0.25, 0.3) is 11.6 Å². The Labute approximate surface area is 156 Å². The third-order valence-corrected chi connectivity index (χ3v) is 4.94. The van der Waals surface area contributed by atoms with Gasteiger partial charge >= 0.3 is 0 Å². The Morgan fingerprint density at radius 2 is 2.00 bits per heavy atom. The van der Waals surface area contributed by atoms with Crippen LogP contribution < -0.4 is 10.6 Å². The van der Waals surface area contributed by atoms with Crippen molar-refractivity contribution in [1.29, 1.82) is 0 Å². The molecule has 4 rings (SSSR count). The van der Waals surface area contributed by atoms with E-state index in [2.05, 4.69) is 15.7 Å². The number of fused-ring (bicyclic) bond motifs is 2. The standard InChI is InChI=1S/C17H19N5O3.ClH/c23-17(19-13-8-11-4-5-12(9-13)18-11)16-6-7-21(20-16)14-2-1-3-15(10-14)22(24)25;/h1-3,6-7,10-13,18H,4-5,8-9H2,(H,19,23);1H. The molecular weight excluding hydrogens is 358 g/mol. The van der Waals surface area contributed by atoms with Crippen molar-refractivity contribution in [3.63, 3.8) is 0 Å². The molecule has 2 bridgehead atoms. The van der Waals surface area contributed by atoms with E-state index in [1.807, 2.05) is 0 Å². The summed E-state index contributed by atoms with van der Waals surface area (Å²) in [6.07, 6.45) is 5.90. The maximum atomic E-state index is 12.5. The quantitative estimate of drug-likeness (QED) is 0.628. The molecule has 2 unspecified atom stereocenters. The van der Waals surface area contributed by atoms with E-state index in [-0.39, 0.29) is 30.0 Å². The molecular formula is C17H20ClN5O3. The molecule has 2 saturated heterocycles. The first kappa shape index (κ1) is 18.3. The second-order valence-corrected chi connectivity index (χ2v) is 6.70. The van der Waals surface area contributed by atoms with Crippen molar-refractivity contribution >= 4 is 24.0 Å². The summed E-state index contributed by atoms with van der Waals surface area (Å²) in [6, 6.07) is 8.98. The number of carbonyl (C=O) groups is 1. The minimum absolute atomic E-state index is 0. The van der Waals surface area contributed by atoms with E-state index >= 15 is 0 Å². The molecule has 0 aliphatic carbocycles. The number of nitrogens with zero attached hydrogens (tertiary/aromatic N) is 3. The van der Waals surface area contributed by atoms with Crippen LogP contribution >= 0.6 is 12.4 Å². The number of carbonyl (C=O) groups excluding carboxylic acids is 1. The monoisotopic (exact) mass is 377 g/mol. The Hall–Kier alpha value is -2.45. The topological polar surface area (TPSA) is 102 Å². The Morgan fingerprint density at radius 1 is 1.27 bits per heavy atom. The van der Waals surface area contributed by atoms with Crippen LogP contribution in [0.3, 0.4) is 0 Å². The van der Waals surface area contributed by atoms with Crippen molar-refractivity contribution in [3.05, 3.63) is 52.3 Å². The number of hydrogen-bond acceptors (Lipinski definition) is 5. The number of rotatable bonds is 4. The number of amides is 1. The lowest BCUT2D eigenvalue weighted by atomic mass is 10.00. The highest BCUT2D eigenvalue weighted by atomic mass is 35.5. The van der Waals surface area contributed by atoms with Crippen LogP contribution in [0.5, 0.6) is 0 Å². The van der Waals surface area contributed by atoms with Crippen LogP contribution in [0, 0.1) is 10.1 Å². The van der Waals surface area contributed by atoms with Gasteiger partial charge in [0.15, 0.2) is 5.69 Å². The number of non-ortho nitro benzene ring substituents is 1. The van der Waals surface area contributed by atoms with E-state index < -0.39 is 4.92 Å². The lowest BCUT2D eigenvalue weighted by molar-refractivity contribution is -0.384. The Bertz CT molecular complexity index is 812. The smallest absolute Gasteiger partial charge is 0.272 e. The van der Waals surface area contributed by atoms with Crippen LogP contribution in [0.25, 0.3) is 5.69 Å². The molecule has 3 heterocycles. The number of piperidine rings is 1. The summed E-state index contributed by atoms with van der Waals surface area (Å²) < 4.78 is 1.48. The molecule has 0 radical (unpaired) electrons. The average molecular weight is 378 g/mol. The first-order chi connectivity index (χ1) is 12.1. The van der Waals surface area contributed by atoms with Crippen LogP contribution in [-0.2, 0) is 0 Å². The van der Waals surface area contributed by atoms with Gasteiger partial charge in [-0.2, -0.15) is 5.10 Å². The van der Waals surface area contributed by atoms with Gasteiger partial charge in [0.05, 0.1) is 10.6 Å². The first-order valence-electron chi connectivity index (χ1n) is 8.46. The molecule has 1 amide bonds. The number of benzene rings is 1. The molecule has 1 aromatic carbocycles. The van der Waals surface area contributed by atoms with E-state index in [0.717, 1.165) is 12.8 Å². The molecule has 2 N–H and O–H groups in total. The third-order valence-electron chi connectivity index (χ3n) is 4.94. The molecule has 0 spiro atoms. The van der Waals surface area contributed by atoms with E-state index in [9.17, 15) is 14.9 Å². The Kier molecular flexibility index (Phi) is 5.24. The van der Waals surface area contributed by atoms with Crippen LogP contribution in [0.1, 0.15) is 36.2 Å². The van der Waals surface area contributed by atoms with Gasteiger partial charge in [-0.15, -0.1) is 12.4 Å². The van der Waals surface area contributed by atoms with E-state index in [1.54, 1.807) is 24.4 Å². The predicted octanol–water partition coefficient (Wildman–Crippen LogP) is 2.22. The molecule has 2 atom stereocenters.